The van der Waals surface area contributed by atoms with Crippen LogP contribution in [0.15, 0.2) is 35.5 Å². The van der Waals surface area contributed by atoms with Crippen molar-refractivity contribution < 1.29 is 18.1 Å². The van der Waals surface area contributed by atoms with E-state index in [2.05, 4.69) is 14.5 Å². The smallest absolute Gasteiger partial charge is 0.410 e. The van der Waals surface area contributed by atoms with E-state index in [1.807, 2.05) is 6.07 Å². The summed E-state index contributed by atoms with van der Waals surface area (Å²) in [5.74, 6) is 0.375. The van der Waals surface area contributed by atoms with E-state index in [4.69, 9.17) is 27.9 Å². The lowest BCUT2D eigenvalue weighted by Gasteiger charge is -2.40. The molecule has 0 N–H and O–H groups in total. The number of nitrogens with zero attached hydrogens (tertiary/aromatic N) is 4. The third-order valence-electron chi connectivity index (χ3n) is 9.02. The van der Waals surface area contributed by atoms with Crippen LogP contribution in [0.1, 0.15) is 49.9 Å². The van der Waals surface area contributed by atoms with Crippen molar-refractivity contribution in [2.24, 2.45) is 11.8 Å². The molecule has 1 aliphatic heterocycles. The zero-order chi connectivity index (χ0) is 27.9. The van der Waals surface area contributed by atoms with E-state index in [1.165, 1.54) is 7.11 Å². The summed E-state index contributed by atoms with van der Waals surface area (Å²) < 4.78 is 36.9. The quantitative estimate of drug-likeness (QED) is 0.245. The summed E-state index contributed by atoms with van der Waals surface area (Å²) in [5, 5.41) is 2.07. The van der Waals surface area contributed by atoms with Gasteiger partial charge in [0, 0.05) is 47.1 Å². The van der Waals surface area contributed by atoms with Crippen molar-refractivity contribution >= 4 is 61.9 Å². The maximum atomic E-state index is 16.3. The number of carbonyl (C=O) groups excluding carboxylic acids is 1. The molecule has 1 saturated heterocycles. The SMILES string of the molecule is COC(=O)N1CCC[C@@H]1c1cc2c(S(C)=O)nc3c(F)c(-c4cccc(Cl)c4Cl)ncc3c2n1C1[C@@H]2CC[C@H]1C2. The lowest BCUT2D eigenvalue weighted by atomic mass is 9.78. The maximum Gasteiger partial charge on any atom is 0.410 e. The third kappa shape index (κ3) is 3.73. The van der Waals surface area contributed by atoms with Gasteiger partial charge in [-0.15, -0.1) is 0 Å². The van der Waals surface area contributed by atoms with E-state index < -0.39 is 16.6 Å². The van der Waals surface area contributed by atoms with Crippen molar-refractivity contribution in [3.8, 4) is 11.3 Å². The Balaban J connectivity index is 1.54. The standard InChI is InChI=1S/C29H27Cl2FN4O3S/c1-39-29(37)35-10-4-7-20(35)21-12-17-27(36(21)26-14-8-9-15(26)11-14)18-13-33-24(16-5-3-6-19(30)22(16)31)23(32)25(18)34-28(17)40(2)38/h3,5-6,12-15,20,26H,4,7-11H2,1-2H3/t14-,15+,20-,26?,40?/m1/s1. The van der Waals surface area contributed by atoms with E-state index in [0.29, 0.717) is 44.8 Å². The lowest BCUT2D eigenvalue weighted by molar-refractivity contribution is 0.113. The van der Waals surface area contributed by atoms with Gasteiger partial charge in [-0.05, 0) is 56.1 Å². The molecule has 4 aromatic rings. The highest BCUT2D eigenvalue weighted by atomic mass is 35.5. The number of ether oxygens (including phenoxy) is 1. The molecular weight excluding hydrogens is 574 g/mol. The average Bonchev–Trinajstić information content (AvgIpc) is 3.73. The van der Waals surface area contributed by atoms with Gasteiger partial charge < -0.3 is 9.30 Å². The fourth-order valence-corrected chi connectivity index (χ4v) is 8.34. The van der Waals surface area contributed by atoms with Gasteiger partial charge >= 0.3 is 6.09 Å². The van der Waals surface area contributed by atoms with Crippen molar-refractivity contribution in [3.05, 3.63) is 52.0 Å². The number of benzene rings is 1. The van der Waals surface area contributed by atoms with Crippen LogP contribution in [0.5, 0.6) is 0 Å². The minimum atomic E-state index is -1.51. The van der Waals surface area contributed by atoms with Crippen molar-refractivity contribution in [1.29, 1.82) is 0 Å². The minimum absolute atomic E-state index is 0.0365. The van der Waals surface area contributed by atoms with Gasteiger partial charge in [0.15, 0.2) is 5.82 Å². The zero-order valence-electron chi connectivity index (χ0n) is 22.0. The van der Waals surface area contributed by atoms with Gasteiger partial charge in [0.1, 0.15) is 16.2 Å². The summed E-state index contributed by atoms with van der Waals surface area (Å²) >= 11 is 12.7. The number of rotatable bonds is 4. The Morgan fingerprint density at radius 3 is 2.65 bits per heavy atom. The van der Waals surface area contributed by atoms with Crippen LogP contribution in [0.2, 0.25) is 10.0 Å². The second-order valence-corrected chi connectivity index (χ2v) is 13.1. The molecule has 2 unspecified atom stereocenters. The molecule has 0 radical (unpaired) electrons. The van der Waals surface area contributed by atoms with Gasteiger partial charge in [0.25, 0.3) is 0 Å². The Labute approximate surface area is 243 Å². The molecule has 1 amide bonds. The van der Waals surface area contributed by atoms with Gasteiger partial charge in [0.2, 0.25) is 0 Å². The van der Waals surface area contributed by atoms with Crippen LogP contribution in [-0.4, -0.2) is 49.6 Å². The van der Waals surface area contributed by atoms with E-state index in [9.17, 15) is 9.00 Å². The summed E-state index contributed by atoms with van der Waals surface area (Å²) in [6, 6.07) is 7.03. The highest BCUT2D eigenvalue weighted by Crippen LogP contribution is 2.59. The number of likely N-dealkylation sites (tertiary alicyclic amines) is 1. The molecule has 3 aromatic heterocycles. The number of amides is 1. The Hall–Kier alpha value is -2.75. The third-order valence-corrected chi connectivity index (χ3v) is 10.7. The van der Waals surface area contributed by atoms with Crippen LogP contribution in [0.3, 0.4) is 0 Å². The number of pyridine rings is 2. The fourth-order valence-electron chi connectivity index (χ4n) is 7.27. The van der Waals surface area contributed by atoms with Gasteiger partial charge in [-0.2, -0.15) is 0 Å². The van der Waals surface area contributed by atoms with Gasteiger partial charge in [0.05, 0.1) is 39.5 Å². The molecule has 4 fully saturated rings. The van der Waals surface area contributed by atoms with Crippen LogP contribution in [0.25, 0.3) is 33.1 Å². The largest absolute Gasteiger partial charge is 0.453 e. The van der Waals surface area contributed by atoms with Crippen molar-refractivity contribution in [3.63, 3.8) is 0 Å². The number of aromatic nitrogens is 3. The Morgan fingerprint density at radius 2 is 1.95 bits per heavy atom. The highest BCUT2D eigenvalue weighted by molar-refractivity contribution is 7.84. The monoisotopic (exact) mass is 600 g/mol. The molecule has 4 aliphatic rings. The first kappa shape index (κ1) is 26.2. The summed E-state index contributed by atoms with van der Waals surface area (Å²) in [6.07, 6.45) is 7.90. The molecule has 11 heteroatoms. The molecule has 4 heterocycles. The van der Waals surface area contributed by atoms with Crippen molar-refractivity contribution in [2.45, 2.75) is 49.2 Å². The molecule has 1 aromatic carbocycles. The second-order valence-electron chi connectivity index (χ2n) is 11.0. The summed E-state index contributed by atoms with van der Waals surface area (Å²) in [4.78, 5) is 23.7. The Morgan fingerprint density at radius 1 is 1.18 bits per heavy atom. The zero-order valence-corrected chi connectivity index (χ0v) is 24.3. The first-order valence-corrected chi connectivity index (χ1v) is 15.8. The van der Waals surface area contributed by atoms with Gasteiger partial charge in [-0.25, -0.2) is 14.2 Å². The number of carbonyl (C=O) groups is 1. The first-order chi connectivity index (χ1) is 19.3. The highest BCUT2D eigenvalue weighted by Gasteiger charge is 2.50. The lowest BCUT2D eigenvalue weighted by Crippen LogP contribution is -2.35. The van der Waals surface area contributed by atoms with E-state index >= 15 is 4.39 Å². The Bertz CT molecular complexity index is 1730. The maximum absolute atomic E-state index is 16.3. The van der Waals surface area contributed by atoms with E-state index in [1.54, 1.807) is 35.6 Å². The van der Waals surface area contributed by atoms with Crippen LogP contribution < -0.4 is 0 Å². The summed E-state index contributed by atoms with van der Waals surface area (Å²) in [7, 11) is -0.109. The van der Waals surface area contributed by atoms with Crippen LogP contribution >= 0.6 is 23.2 Å². The molecule has 40 heavy (non-hydrogen) atoms. The average molecular weight is 602 g/mol. The van der Waals surface area contributed by atoms with E-state index in [-0.39, 0.29) is 34.4 Å². The first-order valence-electron chi connectivity index (χ1n) is 13.5. The van der Waals surface area contributed by atoms with Gasteiger partial charge in [-0.1, -0.05) is 35.3 Å². The molecule has 208 valence electrons. The number of hydrogen-bond donors (Lipinski definition) is 0. The fraction of sp³-hybridized carbons (Fsp3) is 0.414. The number of halogens is 3. The molecule has 0 spiro atoms. The molecule has 3 aliphatic carbocycles. The molecule has 2 bridgehead atoms. The molecule has 3 saturated carbocycles. The minimum Gasteiger partial charge on any atom is -0.453 e. The van der Waals surface area contributed by atoms with Crippen LogP contribution in [0, 0.1) is 17.7 Å². The molecule has 8 rings (SSSR count). The Kier molecular flexibility index (Phi) is 6.33. The number of methoxy groups -OCH3 is 1. The van der Waals surface area contributed by atoms with Gasteiger partial charge in [-0.3, -0.25) is 14.1 Å². The topological polar surface area (TPSA) is 77.3 Å². The second kappa shape index (κ2) is 9.67. The number of fused-ring (bicyclic) bond motifs is 4. The molecule has 7 nitrogen and oxygen atoms in total. The predicted octanol–water partition coefficient (Wildman–Crippen LogP) is 7.31. The normalized spacial score (nSPS) is 24.6. The summed E-state index contributed by atoms with van der Waals surface area (Å²) in [6.45, 7) is 0.599. The molecular formula is C29H27Cl2FN4O3S. The van der Waals surface area contributed by atoms with E-state index in [0.717, 1.165) is 43.3 Å². The van der Waals surface area contributed by atoms with Crippen LogP contribution in [-0.2, 0) is 15.5 Å². The molecule has 5 atom stereocenters. The summed E-state index contributed by atoms with van der Waals surface area (Å²) in [5.41, 5.74) is 2.23. The predicted molar refractivity (Wildman–Crippen MR) is 154 cm³/mol. The number of hydrogen-bond acceptors (Lipinski definition) is 5. The van der Waals surface area contributed by atoms with Crippen LogP contribution in [0.4, 0.5) is 9.18 Å². The van der Waals surface area contributed by atoms with Crippen molar-refractivity contribution in [1.82, 2.24) is 19.4 Å². The van der Waals surface area contributed by atoms with Crippen molar-refractivity contribution in [2.75, 3.05) is 19.9 Å².